The summed E-state index contributed by atoms with van der Waals surface area (Å²) in [5.41, 5.74) is 2.05. The van der Waals surface area contributed by atoms with Crippen molar-refractivity contribution in [3.63, 3.8) is 0 Å². The average molecular weight is 289 g/mol. The van der Waals surface area contributed by atoms with Crippen LogP contribution in [0.15, 0.2) is 24.3 Å². The van der Waals surface area contributed by atoms with Crippen LogP contribution in [-0.4, -0.2) is 42.5 Å². The van der Waals surface area contributed by atoms with Gasteiger partial charge in [-0.2, -0.15) is 0 Å². The van der Waals surface area contributed by atoms with Crippen molar-refractivity contribution in [3.05, 3.63) is 29.8 Å². The van der Waals surface area contributed by atoms with Crippen molar-refractivity contribution in [2.45, 2.75) is 45.7 Å². The number of nitrogens with zero attached hydrogens (tertiary/aromatic N) is 1. The van der Waals surface area contributed by atoms with Crippen LogP contribution in [0.3, 0.4) is 0 Å². The number of nitrogens with one attached hydrogen (secondary N) is 2. The van der Waals surface area contributed by atoms with E-state index < -0.39 is 0 Å². The molecular weight excluding hydrogens is 262 g/mol. The predicted molar refractivity (Wildman–Crippen MR) is 87.5 cm³/mol. The molecular formula is C17H27N3O. The van der Waals surface area contributed by atoms with Gasteiger partial charge in [0, 0.05) is 18.3 Å². The van der Waals surface area contributed by atoms with E-state index in [1.165, 1.54) is 24.9 Å². The van der Waals surface area contributed by atoms with Gasteiger partial charge in [-0.15, -0.1) is 0 Å². The summed E-state index contributed by atoms with van der Waals surface area (Å²) >= 11 is 0. The first-order valence-corrected chi connectivity index (χ1v) is 7.95. The van der Waals surface area contributed by atoms with E-state index >= 15 is 0 Å². The van der Waals surface area contributed by atoms with Crippen molar-refractivity contribution in [2.75, 3.05) is 25.0 Å². The second-order valence-electron chi connectivity index (χ2n) is 5.91. The molecule has 4 nitrogen and oxygen atoms in total. The van der Waals surface area contributed by atoms with Crippen LogP contribution in [0.2, 0.25) is 0 Å². The van der Waals surface area contributed by atoms with Gasteiger partial charge in [-0.05, 0) is 51.9 Å². The molecule has 1 saturated heterocycles. The third-order valence-electron chi connectivity index (χ3n) is 4.28. The van der Waals surface area contributed by atoms with Gasteiger partial charge in [0.25, 0.3) is 0 Å². The highest BCUT2D eigenvalue weighted by atomic mass is 16.2. The van der Waals surface area contributed by atoms with Crippen molar-refractivity contribution < 1.29 is 4.79 Å². The Balaban J connectivity index is 1.78. The summed E-state index contributed by atoms with van der Waals surface area (Å²) in [4.78, 5) is 14.6. The van der Waals surface area contributed by atoms with E-state index in [0.717, 1.165) is 18.8 Å². The lowest BCUT2D eigenvalue weighted by atomic mass is 10.2. The lowest BCUT2D eigenvalue weighted by Crippen LogP contribution is -2.45. The van der Waals surface area contributed by atoms with Gasteiger partial charge >= 0.3 is 0 Å². The number of likely N-dealkylation sites (tertiary alicyclic amines) is 1. The van der Waals surface area contributed by atoms with Crippen LogP contribution < -0.4 is 10.6 Å². The molecule has 0 bridgehead atoms. The molecule has 1 aromatic carbocycles. The van der Waals surface area contributed by atoms with E-state index in [9.17, 15) is 4.79 Å². The predicted octanol–water partition coefficient (Wildman–Crippen LogP) is 2.40. The SMILES string of the molecule is CCN1CCCC1CNC(C)C(=O)Nc1ccc(C)cc1. The standard InChI is InChI=1S/C17H27N3O/c1-4-20-11-5-6-16(20)12-18-14(3)17(21)19-15-9-7-13(2)8-10-15/h7-10,14,16,18H,4-6,11-12H2,1-3H3,(H,19,21). The summed E-state index contributed by atoms with van der Waals surface area (Å²) < 4.78 is 0. The number of benzene rings is 1. The van der Waals surface area contributed by atoms with Gasteiger partial charge in [-0.3, -0.25) is 9.69 Å². The highest BCUT2D eigenvalue weighted by Gasteiger charge is 2.24. The molecule has 2 rings (SSSR count). The molecule has 4 heteroatoms. The number of hydrogen-bond donors (Lipinski definition) is 2. The minimum Gasteiger partial charge on any atom is -0.325 e. The molecule has 1 heterocycles. The number of amides is 1. The largest absolute Gasteiger partial charge is 0.325 e. The molecule has 2 N–H and O–H groups in total. The maximum atomic E-state index is 12.2. The Labute approximate surface area is 127 Å². The van der Waals surface area contributed by atoms with E-state index in [1.54, 1.807) is 0 Å². The average Bonchev–Trinajstić information content (AvgIpc) is 2.94. The number of carbonyl (C=O) groups excluding carboxylic acids is 1. The van der Waals surface area contributed by atoms with Gasteiger partial charge in [0.1, 0.15) is 0 Å². The molecule has 0 aromatic heterocycles. The van der Waals surface area contributed by atoms with Crippen molar-refractivity contribution in [1.82, 2.24) is 10.2 Å². The molecule has 0 radical (unpaired) electrons. The van der Waals surface area contributed by atoms with Crippen molar-refractivity contribution in [2.24, 2.45) is 0 Å². The molecule has 1 aromatic rings. The number of likely N-dealkylation sites (N-methyl/N-ethyl adjacent to an activating group) is 1. The third-order valence-corrected chi connectivity index (χ3v) is 4.28. The number of aryl methyl sites for hydroxylation is 1. The Morgan fingerprint density at radius 2 is 2.10 bits per heavy atom. The van der Waals surface area contributed by atoms with Crippen LogP contribution in [0.4, 0.5) is 5.69 Å². The minimum absolute atomic E-state index is 0.0277. The van der Waals surface area contributed by atoms with Crippen LogP contribution in [-0.2, 0) is 4.79 Å². The summed E-state index contributed by atoms with van der Waals surface area (Å²) in [6.07, 6.45) is 2.50. The Hall–Kier alpha value is -1.39. The minimum atomic E-state index is -0.175. The van der Waals surface area contributed by atoms with Crippen LogP contribution >= 0.6 is 0 Å². The molecule has 0 aliphatic carbocycles. The molecule has 0 saturated carbocycles. The van der Waals surface area contributed by atoms with Crippen molar-refractivity contribution >= 4 is 11.6 Å². The fourth-order valence-corrected chi connectivity index (χ4v) is 2.84. The van der Waals surface area contributed by atoms with E-state index in [0.29, 0.717) is 6.04 Å². The molecule has 2 unspecified atom stereocenters. The molecule has 0 spiro atoms. The summed E-state index contributed by atoms with van der Waals surface area (Å²) in [6.45, 7) is 9.33. The fourth-order valence-electron chi connectivity index (χ4n) is 2.84. The van der Waals surface area contributed by atoms with E-state index in [4.69, 9.17) is 0 Å². The number of hydrogen-bond acceptors (Lipinski definition) is 3. The highest BCUT2D eigenvalue weighted by molar-refractivity contribution is 5.94. The molecule has 2 atom stereocenters. The lowest BCUT2D eigenvalue weighted by Gasteiger charge is -2.24. The summed E-state index contributed by atoms with van der Waals surface area (Å²) in [7, 11) is 0. The topological polar surface area (TPSA) is 44.4 Å². The highest BCUT2D eigenvalue weighted by Crippen LogP contribution is 2.15. The lowest BCUT2D eigenvalue weighted by molar-refractivity contribution is -0.117. The summed E-state index contributed by atoms with van der Waals surface area (Å²) in [5.74, 6) is 0.0277. The van der Waals surface area contributed by atoms with Crippen LogP contribution in [0, 0.1) is 6.92 Å². The smallest absolute Gasteiger partial charge is 0.241 e. The van der Waals surface area contributed by atoms with Crippen molar-refractivity contribution in [1.29, 1.82) is 0 Å². The summed E-state index contributed by atoms with van der Waals surface area (Å²) in [5, 5.41) is 6.32. The van der Waals surface area contributed by atoms with Gasteiger partial charge in [-0.25, -0.2) is 0 Å². The third kappa shape index (κ3) is 4.55. The molecule has 1 aliphatic rings. The van der Waals surface area contributed by atoms with E-state index in [-0.39, 0.29) is 11.9 Å². The van der Waals surface area contributed by atoms with Gasteiger partial charge in [0.15, 0.2) is 0 Å². The van der Waals surface area contributed by atoms with Crippen LogP contribution in [0.1, 0.15) is 32.3 Å². The Bertz CT molecular complexity index is 458. The van der Waals surface area contributed by atoms with Crippen LogP contribution in [0.5, 0.6) is 0 Å². The Morgan fingerprint density at radius 3 is 2.76 bits per heavy atom. The normalized spacial score (nSPS) is 20.4. The molecule has 1 amide bonds. The zero-order valence-electron chi connectivity index (χ0n) is 13.4. The first kappa shape index (κ1) is 16.0. The molecule has 116 valence electrons. The number of anilines is 1. The zero-order valence-corrected chi connectivity index (χ0v) is 13.4. The van der Waals surface area contributed by atoms with Crippen LogP contribution in [0.25, 0.3) is 0 Å². The Morgan fingerprint density at radius 1 is 1.38 bits per heavy atom. The molecule has 1 aliphatic heterocycles. The first-order chi connectivity index (χ1) is 10.1. The van der Waals surface area contributed by atoms with Gasteiger partial charge < -0.3 is 10.6 Å². The van der Waals surface area contributed by atoms with E-state index in [1.807, 2.05) is 38.1 Å². The number of carbonyl (C=O) groups is 1. The maximum Gasteiger partial charge on any atom is 0.241 e. The van der Waals surface area contributed by atoms with Gasteiger partial charge in [0.05, 0.1) is 6.04 Å². The fraction of sp³-hybridized carbons (Fsp3) is 0.588. The van der Waals surface area contributed by atoms with Gasteiger partial charge in [-0.1, -0.05) is 24.6 Å². The monoisotopic (exact) mass is 289 g/mol. The second-order valence-corrected chi connectivity index (χ2v) is 5.91. The molecule has 21 heavy (non-hydrogen) atoms. The van der Waals surface area contributed by atoms with E-state index in [2.05, 4.69) is 22.5 Å². The summed E-state index contributed by atoms with van der Waals surface area (Å²) in [6, 6.07) is 8.29. The van der Waals surface area contributed by atoms with Crippen molar-refractivity contribution in [3.8, 4) is 0 Å². The first-order valence-electron chi connectivity index (χ1n) is 7.95. The maximum absolute atomic E-state index is 12.2. The second kappa shape index (κ2) is 7.57. The van der Waals surface area contributed by atoms with Gasteiger partial charge in [0.2, 0.25) is 5.91 Å². The quantitative estimate of drug-likeness (QED) is 0.845. The number of rotatable bonds is 6. The molecule has 1 fully saturated rings. The Kier molecular flexibility index (Phi) is 5.76. The zero-order chi connectivity index (χ0) is 15.2.